The minimum atomic E-state index is -3.00. The predicted octanol–water partition coefficient (Wildman–Crippen LogP) is 0.732. The lowest BCUT2D eigenvalue weighted by molar-refractivity contribution is 0.184. The van der Waals surface area contributed by atoms with Crippen molar-refractivity contribution in [3.63, 3.8) is 0 Å². The van der Waals surface area contributed by atoms with Crippen LogP contribution in [0.15, 0.2) is 0 Å². The smallest absolute Gasteiger partial charge is 0.211 e. The first-order chi connectivity index (χ1) is 9.45. The first kappa shape index (κ1) is 16.2. The molecule has 2 aliphatic rings. The molecule has 2 rings (SSSR count). The third-order valence-corrected chi connectivity index (χ3v) is 5.90. The Morgan fingerprint density at radius 2 is 1.85 bits per heavy atom. The fraction of sp³-hybridized carbons (Fsp3) is 1.00. The maximum atomic E-state index is 11.4. The van der Waals surface area contributed by atoms with Crippen LogP contribution in [0, 0.1) is 5.92 Å². The van der Waals surface area contributed by atoms with Gasteiger partial charge in [-0.15, -0.1) is 0 Å². The molecule has 6 heteroatoms. The number of nitrogens with one attached hydrogen (secondary N) is 1. The summed E-state index contributed by atoms with van der Waals surface area (Å²) in [6.45, 7) is 7.39. The average Bonchev–Trinajstić information content (AvgIpc) is 2.38. The fourth-order valence-electron chi connectivity index (χ4n) is 3.33. The zero-order chi connectivity index (χ0) is 14.6. The lowest BCUT2D eigenvalue weighted by Crippen LogP contribution is -2.50. The maximum absolute atomic E-state index is 11.4. The third-order valence-electron chi connectivity index (χ3n) is 4.60. The monoisotopic (exact) mass is 303 g/mol. The Kier molecular flexibility index (Phi) is 5.84. The van der Waals surface area contributed by atoms with Gasteiger partial charge in [0.15, 0.2) is 0 Å². The summed E-state index contributed by atoms with van der Waals surface area (Å²) >= 11 is 0. The lowest BCUT2D eigenvalue weighted by Gasteiger charge is -2.34. The predicted molar refractivity (Wildman–Crippen MR) is 82.3 cm³/mol. The van der Waals surface area contributed by atoms with Crippen molar-refractivity contribution in [1.82, 2.24) is 14.5 Å². The van der Waals surface area contributed by atoms with E-state index < -0.39 is 10.0 Å². The zero-order valence-corrected chi connectivity index (χ0v) is 13.7. The lowest BCUT2D eigenvalue weighted by atomic mass is 9.87. The molecular weight excluding hydrogens is 274 g/mol. The Morgan fingerprint density at radius 3 is 2.45 bits per heavy atom. The summed E-state index contributed by atoms with van der Waals surface area (Å²) in [4.78, 5) is 2.36. The second kappa shape index (κ2) is 7.20. The van der Waals surface area contributed by atoms with Gasteiger partial charge in [0.2, 0.25) is 10.0 Å². The molecule has 2 unspecified atom stereocenters. The van der Waals surface area contributed by atoms with Gasteiger partial charge in [-0.25, -0.2) is 8.42 Å². The van der Waals surface area contributed by atoms with E-state index in [-0.39, 0.29) is 0 Å². The summed E-state index contributed by atoms with van der Waals surface area (Å²) in [5.74, 6) is 0.861. The third kappa shape index (κ3) is 4.98. The van der Waals surface area contributed by atoms with Crippen molar-refractivity contribution in [2.45, 2.75) is 38.6 Å². The second-order valence-corrected chi connectivity index (χ2v) is 8.41. The average molecular weight is 303 g/mol. The van der Waals surface area contributed by atoms with Crippen LogP contribution >= 0.6 is 0 Å². The Balaban J connectivity index is 1.61. The summed E-state index contributed by atoms with van der Waals surface area (Å²) < 4.78 is 24.5. The minimum Gasteiger partial charge on any atom is -0.313 e. The van der Waals surface area contributed by atoms with Gasteiger partial charge in [0.1, 0.15) is 0 Å². The fourth-order valence-corrected chi connectivity index (χ4v) is 4.16. The molecule has 0 aromatic heterocycles. The Hall–Kier alpha value is -0.170. The van der Waals surface area contributed by atoms with Gasteiger partial charge in [-0.2, -0.15) is 4.31 Å². The van der Waals surface area contributed by atoms with Crippen molar-refractivity contribution < 1.29 is 8.42 Å². The minimum absolute atomic E-state index is 0.638. The number of piperazine rings is 1. The van der Waals surface area contributed by atoms with E-state index in [4.69, 9.17) is 0 Å². The van der Waals surface area contributed by atoms with Gasteiger partial charge in [0, 0.05) is 45.3 Å². The SMILES string of the molecule is CC1CCCC(NCCN2CCN(S(C)(=O)=O)CC2)C1. The van der Waals surface area contributed by atoms with Crippen molar-refractivity contribution in [1.29, 1.82) is 0 Å². The van der Waals surface area contributed by atoms with Gasteiger partial charge in [0.25, 0.3) is 0 Å². The number of sulfonamides is 1. The molecule has 0 bridgehead atoms. The molecule has 0 aromatic carbocycles. The van der Waals surface area contributed by atoms with Crippen molar-refractivity contribution in [2.24, 2.45) is 5.92 Å². The van der Waals surface area contributed by atoms with Gasteiger partial charge in [0.05, 0.1) is 6.26 Å². The molecule has 1 N–H and O–H groups in total. The molecule has 0 amide bonds. The van der Waals surface area contributed by atoms with E-state index in [0.29, 0.717) is 19.1 Å². The van der Waals surface area contributed by atoms with Crippen LogP contribution in [-0.4, -0.2) is 69.2 Å². The highest BCUT2D eigenvalue weighted by Crippen LogP contribution is 2.23. The molecule has 5 nitrogen and oxygen atoms in total. The van der Waals surface area contributed by atoms with E-state index >= 15 is 0 Å². The molecule has 20 heavy (non-hydrogen) atoms. The van der Waals surface area contributed by atoms with E-state index in [1.807, 2.05) is 0 Å². The van der Waals surface area contributed by atoms with Gasteiger partial charge in [-0.1, -0.05) is 19.8 Å². The summed E-state index contributed by atoms with van der Waals surface area (Å²) in [7, 11) is -3.00. The molecule has 1 aliphatic heterocycles. The number of nitrogens with zero attached hydrogens (tertiary/aromatic N) is 2. The van der Waals surface area contributed by atoms with Crippen LogP contribution in [0.3, 0.4) is 0 Å². The zero-order valence-electron chi connectivity index (χ0n) is 12.8. The first-order valence-corrected chi connectivity index (χ1v) is 9.71. The number of rotatable bonds is 5. The molecule has 1 saturated heterocycles. The van der Waals surface area contributed by atoms with Gasteiger partial charge < -0.3 is 5.32 Å². The molecule has 0 radical (unpaired) electrons. The van der Waals surface area contributed by atoms with Gasteiger partial charge in [-0.05, 0) is 18.8 Å². The van der Waals surface area contributed by atoms with Crippen LogP contribution in [-0.2, 0) is 10.0 Å². The van der Waals surface area contributed by atoms with E-state index in [9.17, 15) is 8.42 Å². The van der Waals surface area contributed by atoms with E-state index in [1.165, 1.54) is 31.9 Å². The number of hydrogen-bond acceptors (Lipinski definition) is 4. The standard InChI is InChI=1S/C14H29N3O2S/c1-13-4-3-5-14(12-13)15-6-7-16-8-10-17(11-9-16)20(2,18)19/h13-15H,3-12H2,1-2H3. The van der Waals surface area contributed by atoms with Crippen molar-refractivity contribution >= 4 is 10.0 Å². The summed E-state index contributed by atoms with van der Waals surface area (Å²) in [5.41, 5.74) is 0. The highest BCUT2D eigenvalue weighted by Gasteiger charge is 2.23. The van der Waals surface area contributed by atoms with Crippen LogP contribution in [0.4, 0.5) is 0 Å². The van der Waals surface area contributed by atoms with E-state index in [0.717, 1.165) is 32.1 Å². The van der Waals surface area contributed by atoms with Crippen molar-refractivity contribution in [3.8, 4) is 0 Å². The van der Waals surface area contributed by atoms with E-state index in [2.05, 4.69) is 17.1 Å². The highest BCUT2D eigenvalue weighted by molar-refractivity contribution is 7.88. The molecule has 2 atom stereocenters. The summed E-state index contributed by atoms with van der Waals surface area (Å²) in [6.07, 6.45) is 6.65. The van der Waals surface area contributed by atoms with Crippen LogP contribution < -0.4 is 5.32 Å². The van der Waals surface area contributed by atoms with Crippen molar-refractivity contribution in [2.75, 3.05) is 45.5 Å². The molecule has 1 aliphatic carbocycles. The van der Waals surface area contributed by atoms with Crippen LogP contribution in [0.1, 0.15) is 32.6 Å². The van der Waals surface area contributed by atoms with Crippen LogP contribution in [0.2, 0.25) is 0 Å². The van der Waals surface area contributed by atoms with Crippen LogP contribution in [0.5, 0.6) is 0 Å². The van der Waals surface area contributed by atoms with Gasteiger partial charge >= 0.3 is 0 Å². The van der Waals surface area contributed by atoms with E-state index in [1.54, 1.807) is 4.31 Å². The number of hydrogen-bond donors (Lipinski definition) is 1. The molecule has 2 fully saturated rings. The van der Waals surface area contributed by atoms with Crippen LogP contribution in [0.25, 0.3) is 0 Å². The maximum Gasteiger partial charge on any atom is 0.211 e. The second-order valence-electron chi connectivity index (χ2n) is 6.43. The molecule has 0 aromatic rings. The summed E-state index contributed by atoms with van der Waals surface area (Å²) in [6, 6.07) is 0.691. The Bertz CT molecular complexity index is 391. The molecule has 1 heterocycles. The van der Waals surface area contributed by atoms with Gasteiger partial charge in [-0.3, -0.25) is 4.90 Å². The Morgan fingerprint density at radius 1 is 1.15 bits per heavy atom. The first-order valence-electron chi connectivity index (χ1n) is 7.86. The largest absolute Gasteiger partial charge is 0.313 e. The quantitative estimate of drug-likeness (QED) is 0.814. The normalized spacial score (nSPS) is 30.5. The molecule has 1 saturated carbocycles. The molecule has 118 valence electrons. The molecule has 0 spiro atoms. The topological polar surface area (TPSA) is 52.6 Å². The highest BCUT2D eigenvalue weighted by atomic mass is 32.2. The molecular formula is C14H29N3O2S. The summed E-state index contributed by atoms with van der Waals surface area (Å²) in [5, 5.41) is 3.67. The van der Waals surface area contributed by atoms with Crippen molar-refractivity contribution in [3.05, 3.63) is 0 Å². The Labute approximate surface area is 123 Å².